The van der Waals surface area contributed by atoms with E-state index in [1.165, 1.54) is 0 Å². The fourth-order valence-corrected chi connectivity index (χ4v) is 0.508. The molecule has 19 heavy (non-hydrogen) atoms. The Kier molecular flexibility index (Phi) is 4.67. The van der Waals surface area contributed by atoms with Gasteiger partial charge < -0.3 is 5.11 Å². The quantitative estimate of drug-likeness (QED) is 0.602. The minimum Gasteiger partial charge on any atom is -0.475 e. The largest absolute Gasteiger partial charge is 0.529 e. The lowest BCUT2D eigenvalue weighted by Crippen LogP contribution is -2.46. The summed E-state index contributed by atoms with van der Waals surface area (Å²) in [5, 5.41) is 7.63. The molecule has 0 bridgehead atoms. The van der Waals surface area contributed by atoms with Crippen molar-refractivity contribution in [3.05, 3.63) is 0 Å². The van der Waals surface area contributed by atoms with Crippen LogP contribution in [-0.4, -0.2) is 36.1 Å². The van der Waals surface area contributed by atoms with Gasteiger partial charge in [0.2, 0.25) is 0 Å². The zero-order valence-corrected chi connectivity index (χ0v) is 7.98. The van der Waals surface area contributed by atoms with Crippen molar-refractivity contribution in [1.82, 2.24) is 0 Å². The zero-order chi connectivity index (χ0) is 15.7. The van der Waals surface area contributed by atoms with Crippen molar-refractivity contribution in [1.29, 1.82) is 0 Å². The predicted molar refractivity (Wildman–Crippen MR) is 31.8 cm³/mol. The van der Waals surface area contributed by atoms with E-state index in [0.29, 0.717) is 0 Å². The van der Waals surface area contributed by atoms with E-state index in [9.17, 15) is 44.3 Å². The summed E-state index contributed by atoms with van der Waals surface area (Å²) in [5.74, 6) is -3.32. The van der Waals surface area contributed by atoms with Crippen LogP contribution in [0.15, 0.2) is 0 Å². The molecule has 0 aromatic carbocycles. The number of halogens is 9. The van der Waals surface area contributed by atoms with Crippen molar-refractivity contribution >= 4 is 5.97 Å². The summed E-state index contributed by atoms with van der Waals surface area (Å²) in [6.45, 7) is 0. The SMILES string of the molecule is O=C(O)C(F)(F)OC(F)(F)OC(F)(F)OC(F)(F)F. The highest BCUT2D eigenvalue weighted by molar-refractivity contribution is 5.73. The van der Waals surface area contributed by atoms with Crippen LogP contribution in [0.5, 0.6) is 0 Å². The minimum atomic E-state index is -6.14. The molecule has 0 fully saturated rings. The highest BCUT2D eigenvalue weighted by atomic mass is 19.4. The summed E-state index contributed by atoms with van der Waals surface area (Å²) >= 11 is 0. The molecule has 0 aliphatic rings. The first kappa shape index (κ1) is 17.7. The van der Waals surface area contributed by atoms with Crippen LogP contribution in [0.1, 0.15) is 0 Å². The zero-order valence-electron chi connectivity index (χ0n) is 7.98. The Morgan fingerprint density at radius 1 is 0.737 bits per heavy atom. The van der Waals surface area contributed by atoms with Gasteiger partial charge in [-0.15, -0.1) is 30.7 Å². The monoisotopic (exact) mass is 312 g/mol. The first-order valence-electron chi connectivity index (χ1n) is 3.60. The summed E-state index contributed by atoms with van der Waals surface area (Å²) in [4.78, 5) is 9.63. The highest BCUT2D eigenvalue weighted by Gasteiger charge is 2.59. The molecule has 0 saturated carbocycles. The number of rotatable bonds is 6. The average molecular weight is 312 g/mol. The maximum absolute atomic E-state index is 12.2. The van der Waals surface area contributed by atoms with Gasteiger partial charge in [0.15, 0.2) is 0 Å². The number of carboxylic acids is 1. The molecule has 0 amide bonds. The van der Waals surface area contributed by atoms with Gasteiger partial charge >= 0.3 is 31.0 Å². The third-order valence-corrected chi connectivity index (χ3v) is 0.968. The lowest BCUT2D eigenvalue weighted by molar-refractivity contribution is -0.580. The molecule has 5 nitrogen and oxygen atoms in total. The van der Waals surface area contributed by atoms with E-state index >= 15 is 0 Å². The third-order valence-electron chi connectivity index (χ3n) is 0.968. The van der Waals surface area contributed by atoms with Gasteiger partial charge in [-0.25, -0.2) is 14.3 Å². The highest BCUT2D eigenvalue weighted by Crippen LogP contribution is 2.36. The second kappa shape index (κ2) is 5.01. The van der Waals surface area contributed by atoms with Crippen molar-refractivity contribution in [3.8, 4) is 0 Å². The smallest absolute Gasteiger partial charge is 0.475 e. The lowest BCUT2D eigenvalue weighted by Gasteiger charge is -2.24. The summed E-state index contributed by atoms with van der Waals surface area (Å²) in [6, 6.07) is 0. The van der Waals surface area contributed by atoms with Gasteiger partial charge in [0, 0.05) is 0 Å². The number of carbonyl (C=O) groups is 1. The van der Waals surface area contributed by atoms with E-state index in [0.717, 1.165) is 0 Å². The van der Waals surface area contributed by atoms with Gasteiger partial charge in [-0.3, -0.25) is 0 Å². The standard InChI is InChI=1S/C5HF9O5/c6-2(7,1(15)16)17-4(11,12)19-5(13,14)18-3(8,9)10/h(H,15,16). The summed E-state index contributed by atoms with van der Waals surface area (Å²) in [7, 11) is 0. The van der Waals surface area contributed by atoms with Crippen molar-refractivity contribution < 1.29 is 63.6 Å². The van der Waals surface area contributed by atoms with Crippen LogP contribution >= 0.6 is 0 Å². The molecular formula is C5HF9O5. The Morgan fingerprint density at radius 2 is 1.11 bits per heavy atom. The van der Waals surface area contributed by atoms with Crippen molar-refractivity contribution in [2.24, 2.45) is 0 Å². The van der Waals surface area contributed by atoms with E-state index in [1.54, 1.807) is 4.74 Å². The molecule has 14 heteroatoms. The van der Waals surface area contributed by atoms with Gasteiger partial charge in [-0.05, 0) is 0 Å². The third kappa shape index (κ3) is 7.02. The van der Waals surface area contributed by atoms with Crippen LogP contribution in [0.2, 0.25) is 0 Å². The average Bonchev–Trinajstić information content (AvgIpc) is 1.91. The molecule has 0 aliphatic heterocycles. The molecule has 0 radical (unpaired) electrons. The molecule has 0 rings (SSSR count). The van der Waals surface area contributed by atoms with E-state index in [2.05, 4.69) is 0 Å². The van der Waals surface area contributed by atoms with Crippen LogP contribution < -0.4 is 0 Å². The molecule has 0 spiro atoms. The summed E-state index contributed by atoms with van der Waals surface area (Å²) < 4.78 is 112. The Labute approximate surface area is 96.0 Å². The first-order chi connectivity index (χ1) is 8.06. The van der Waals surface area contributed by atoms with E-state index in [-0.39, 0.29) is 0 Å². The number of hydrogen-bond acceptors (Lipinski definition) is 4. The van der Waals surface area contributed by atoms with Gasteiger partial charge in [-0.2, -0.15) is 13.5 Å². The Hall–Kier alpha value is -1.28. The van der Waals surface area contributed by atoms with Crippen molar-refractivity contribution in [3.63, 3.8) is 0 Å². The lowest BCUT2D eigenvalue weighted by atomic mass is 10.6. The Balaban J connectivity index is 4.82. The van der Waals surface area contributed by atoms with Gasteiger partial charge in [0.1, 0.15) is 0 Å². The molecule has 0 aliphatic carbocycles. The van der Waals surface area contributed by atoms with Gasteiger partial charge in [-0.1, -0.05) is 0 Å². The van der Waals surface area contributed by atoms with Crippen molar-refractivity contribution in [2.45, 2.75) is 25.1 Å². The molecular weight excluding hydrogens is 311 g/mol. The van der Waals surface area contributed by atoms with E-state index in [1.807, 2.05) is 9.47 Å². The Morgan fingerprint density at radius 3 is 1.42 bits per heavy atom. The molecule has 114 valence electrons. The minimum absolute atomic E-state index is 1.73. The molecule has 0 saturated heterocycles. The Bertz CT molecular complexity index is 336. The molecule has 0 aromatic heterocycles. The second-order valence-corrected chi connectivity index (χ2v) is 2.50. The fraction of sp³-hybridized carbons (Fsp3) is 0.800. The molecule has 0 heterocycles. The number of aliphatic carboxylic acids is 1. The molecule has 0 atom stereocenters. The number of alkyl halides is 9. The van der Waals surface area contributed by atoms with Crippen LogP contribution in [0.3, 0.4) is 0 Å². The number of hydrogen-bond donors (Lipinski definition) is 1. The van der Waals surface area contributed by atoms with Gasteiger partial charge in [0.25, 0.3) is 0 Å². The maximum Gasteiger partial charge on any atom is 0.529 e. The van der Waals surface area contributed by atoms with Crippen LogP contribution in [0.25, 0.3) is 0 Å². The molecule has 0 aromatic rings. The fourth-order valence-electron chi connectivity index (χ4n) is 0.508. The normalized spacial score (nSPS) is 14.6. The van der Waals surface area contributed by atoms with E-state index in [4.69, 9.17) is 5.11 Å². The second-order valence-electron chi connectivity index (χ2n) is 2.50. The topological polar surface area (TPSA) is 65.0 Å². The molecule has 1 N–H and O–H groups in total. The number of ether oxygens (including phenoxy) is 3. The predicted octanol–water partition coefficient (Wildman–Crippen LogP) is 2.33. The van der Waals surface area contributed by atoms with Crippen LogP contribution in [0, 0.1) is 0 Å². The van der Waals surface area contributed by atoms with Gasteiger partial charge in [0.05, 0.1) is 0 Å². The molecule has 0 unspecified atom stereocenters. The summed E-state index contributed by atoms with van der Waals surface area (Å²) in [5.41, 5.74) is 0. The van der Waals surface area contributed by atoms with Crippen molar-refractivity contribution in [2.75, 3.05) is 0 Å². The first-order valence-corrected chi connectivity index (χ1v) is 3.60. The number of carboxylic acid groups (broad SMARTS) is 1. The van der Waals surface area contributed by atoms with Crippen LogP contribution in [0.4, 0.5) is 39.5 Å². The maximum atomic E-state index is 12.2. The van der Waals surface area contributed by atoms with Crippen LogP contribution in [-0.2, 0) is 19.0 Å². The van der Waals surface area contributed by atoms with E-state index < -0.39 is 31.0 Å². The summed E-state index contributed by atoms with van der Waals surface area (Å²) in [6.07, 6.45) is -24.0.